The molecule has 0 saturated heterocycles. The quantitative estimate of drug-likeness (QED) is 0.560. The maximum absolute atomic E-state index is 12.5. The first-order valence-electron chi connectivity index (χ1n) is 8.83. The Morgan fingerprint density at radius 1 is 1.14 bits per heavy atom. The van der Waals surface area contributed by atoms with Crippen molar-refractivity contribution < 1.29 is 14.3 Å². The van der Waals surface area contributed by atoms with Gasteiger partial charge in [0.2, 0.25) is 0 Å². The summed E-state index contributed by atoms with van der Waals surface area (Å²) in [6.07, 6.45) is 1.49. The molecule has 0 aromatic heterocycles. The molecule has 0 heterocycles. The topological polar surface area (TPSA) is 95.1 Å². The normalized spacial score (nSPS) is 11.6. The van der Waals surface area contributed by atoms with Crippen LogP contribution in [0, 0.1) is 22.7 Å². The van der Waals surface area contributed by atoms with Crippen LogP contribution in [0.3, 0.4) is 0 Å². The number of nitriles is 2. The summed E-state index contributed by atoms with van der Waals surface area (Å²) in [5.74, 6) is 0.421. The van der Waals surface area contributed by atoms with Gasteiger partial charge in [0.25, 0.3) is 5.91 Å². The summed E-state index contributed by atoms with van der Waals surface area (Å²) in [6.45, 7) is 4.00. The third kappa shape index (κ3) is 5.62. The van der Waals surface area contributed by atoms with E-state index in [2.05, 4.69) is 5.32 Å². The van der Waals surface area contributed by atoms with Gasteiger partial charge in [-0.2, -0.15) is 10.5 Å². The summed E-state index contributed by atoms with van der Waals surface area (Å²) in [5.41, 5.74) is 1.55. The van der Waals surface area contributed by atoms with Gasteiger partial charge < -0.3 is 14.8 Å². The fraction of sp³-hybridized carbons (Fsp3) is 0.227. The van der Waals surface area contributed by atoms with Crippen molar-refractivity contribution in [2.24, 2.45) is 0 Å². The minimum Gasteiger partial charge on any atom is -0.490 e. The fourth-order valence-electron chi connectivity index (χ4n) is 2.53. The maximum Gasteiger partial charge on any atom is 0.262 e. The van der Waals surface area contributed by atoms with Crippen molar-refractivity contribution in [3.63, 3.8) is 0 Å². The molecule has 1 N–H and O–H groups in total. The van der Waals surface area contributed by atoms with E-state index in [4.69, 9.17) is 14.7 Å². The Hall–Kier alpha value is -3.77. The summed E-state index contributed by atoms with van der Waals surface area (Å²) in [4.78, 5) is 12.5. The lowest BCUT2D eigenvalue weighted by atomic mass is 10.1. The van der Waals surface area contributed by atoms with E-state index in [1.165, 1.54) is 6.08 Å². The molecule has 1 atom stereocenters. The third-order valence-electron chi connectivity index (χ3n) is 3.88. The summed E-state index contributed by atoms with van der Waals surface area (Å²) in [6, 6.07) is 18.1. The van der Waals surface area contributed by atoms with Crippen molar-refractivity contribution in [1.82, 2.24) is 5.32 Å². The molecule has 0 aliphatic heterocycles. The van der Waals surface area contributed by atoms with E-state index in [9.17, 15) is 10.1 Å². The summed E-state index contributed by atoms with van der Waals surface area (Å²) < 4.78 is 10.8. The standard InChI is InChI=1S/C22H21N3O3/c1-3-27-21-14-17(9-10-20(21)28-12-11-23)13-19(15-24)22(26)25-16(2)18-7-5-4-6-8-18/h4-10,13-14,16H,3,12H2,1-2H3,(H,25,26)/b19-13+/t16-/m0/s1. The second-order valence-electron chi connectivity index (χ2n) is 5.86. The summed E-state index contributed by atoms with van der Waals surface area (Å²) in [5, 5.41) is 20.9. The first-order chi connectivity index (χ1) is 13.6. The number of carbonyl (C=O) groups excluding carboxylic acids is 1. The molecule has 0 spiro atoms. The van der Waals surface area contributed by atoms with Crippen LogP contribution in [0.5, 0.6) is 11.5 Å². The highest BCUT2D eigenvalue weighted by molar-refractivity contribution is 6.01. The van der Waals surface area contributed by atoms with E-state index < -0.39 is 5.91 Å². The lowest BCUT2D eigenvalue weighted by Gasteiger charge is -2.14. The summed E-state index contributed by atoms with van der Waals surface area (Å²) >= 11 is 0. The van der Waals surface area contributed by atoms with Gasteiger partial charge in [0.1, 0.15) is 17.7 Å². The van der Waals surface area contributed by atoms with E-state index >= 15 is 0 Å². The van der Waals surface area contributed by atoms with Crippen LogP contribution in [0.25, 0.3) is 6.08 Å². The minimum atomic E-state index is -0.457. The lowest BCUT2D eigenvalue weighted by Crippen LogP contribution is -2.27. The van der Waals surface area contributed by atoms with E-state index in [0.717, 1.165) is 5.56 Å². The van der Waals surface area contributed by atoms with E-state index in [1.54, 1.807) is 18.2 Å². The van der Waals surface area contributed by atoms with Crippen molar-refractivity contribution in [2.45, 2.75) is 19.9 Å². The molecular weight excluding hydrogens is 354 g/mol. The molecule has 2 aromatic rings. The zero-order chi connectivity index (χ0) is 20.4. The monoisotopic (exact) mass is 375 g/mol. The molecule has 0 fully saturated rings. The Labute approximate surface area is 164 Å². The van der Waals surface area contributed by atoms with E-state index in [0.29, 0.717) is 23.7 Å². The number of amides is 1. The molecule has 0 radical (unpaired) electrons. The van der Waals surface area contributed by atoms with Gasteiger partial charge in [-0.25, -0.2) is 0 Å². The molecule has 0 aliphatic carbocycles. The van der Waals surface area contributed by atoms with Gasteiger partial charge >= 0.3 is 0 Å². The van der Waals surface area contributed by atoms with Crippen LogP contribution in [0.15, 0.2) is 54.1 Å². The molecule has 2 rings (SSSR count). The summed E-state index contributed by atoms with van der Waals surface area (Å²) in [7, 11) is 0. The van der Waals surface area contributed by atoms with Crippen molar-refractivity contribution in [3.8, 4) is 23.6 Å². The maximum atomic E-state index is 12.5. The Balaban J connectivity index is 2.21. The average molecular weight is 375 g/mol. The predicted molar refractivity (Wildman–Crippen MR) is 105 cm³/mol. The molecule has 6 heteroatoms. The zero-order valence-corrected chi connectivity index (χ0v) is 15.8. The van der Waals surface area contributed by atoms with Gasteiger partial charge in [0.05, 0.1) is 12.6 Å². The van der Waals surface area contributed by atoms with Gasteiger partial charge in [-0.05, 0) is 43.2 Å². The van der Waals surface area contributed by atoms with E-state index in [1.807, 2.05) is 56.3 Å². The Kier molecular flexibility index (Phi) is 7.63. The molecule has 28 heavy (non-hydrogen) atoms. The first-order valence-corrected chi connectivity index (χ1v) is 8.83. The number of hydrogen-bond acceptors (Lipinski definition) is 5. The second-order valence-corrected chi connectivity index (χ2v) is 5.86. The van der Waals surface area contributed by atoms with Gasteiger partial charge in [0, 0.05) is 0 Å². The number of rotatable bonds is 8. The van der Waals surface area contributed by atoms with Crippen LogP contribution >= 0.6 is 0 Å². The SMILES string of the molecule is CCOc1cc(/C=C(\C#N)C(=O)N[C@@H](C)c2ccccc2)ccc1OCC#N. The molecule has 2 aromatic carbocycles. The number of nitrogens with zero attached hydrogens (tertiary/aromatic N) is 2. The van der Waals surface area contributed by atoms with Crippen LogP contribution in [0.2, 0.25) is 0 Å². The van der Waals surface area contributed by atoms with Crippen LogP contribution in [0.4, 0.5) is 0 Å². The van der Waals surface area contributed by atoms with Gasteiger partial charge in [-0.3, -0.25) is 4.79 Å². The van der Waals surface area contributed by atoms with Gasteiger partial charge in [0.15, 0.2) is 18.1 Å². The number of benzene rings is 2. The number of nitrogens with one attached hydrogen (secondary N) is 1. The molecule has 0 aliphatic rings. The molecule has 0 bridgehead atoms. The van der Waals surface area contributed by atoms with Crippen LogP contribution < -0.4 is 14.8 Å². The van der Waals surface area contributed by atoms with Crippen molar-refractivity contribution in [2.75, 3.05) is 13.2 Å². The van der Waals surface area contributed by atoms with Crippen LogP contribution in [-0.2, 0) is 4.79 Å². The van der Waals surface area contributed by atoms with Crippen molar-refractivity contribution in [3.05, 3.63) is 65.2 Å². The molecule has 6 nitrogen and oxygen atoms in total. The fourth-order valence-corrected chi connectivity index (χ4v) is 2.53. The lowest BCUT2D eigenvalue weighted by molar-refractivity contribution is -0.117. The highest BCUT2D eigenvalue weighted by Gasteiger charge is 2.14. The van der Waals surface area contributed by atoms with Crippen LogP contribution in [-0.4, -0.2) is 19.1 Å². The predicted octanol–water partition coefficient (Wildman–Crippen LogP) is 3.77. The first kappa shape index (κ1) is 20.5. The minimum absolute atomic E-state index is 0.0177. The number of hydrogen-bond donors (Lipinski definition) is 1. The van der Waals surface area contributed by atoms with Gasteiger partial charge in [-0.15, -0.1) is 0 Å². The number of carbonyl (C=O) groups is 1. The van der Waals surface area contributed by atoms with Gasteiger partial charge in [-0.1, -0.05) is 36.4 Å². The van der Waals surface area contributed by atoms with E-state index in [-0.39, 0.29) is 18.2 Å². The van der Waals surface area contributed by atoms with Crippen LogP contribution in [0.1, 0.15) is 31.0 Å². The Morgan fingerprint density at radius 3 is 2.54 bits per heavy atom. The molecule has 1 amide bonds. The molecule has 0 saturated carbocycles. The largest absolute Gasteiger partial charge is 0.490 e. The highest BCUT2D eigenvalue weighted by Crippen LogP contribution is 2.29. The zero-order valence-electron chi connectivity index (χ0n) is 15.8. The van der Waals surface area contributed by atoms with Crippen molar-refractivity contribution >= 4 is 12.0 Å². The second kappa shape index (κ2) is 10.4. The average Bonchev–Trinajstić information content (AvgIpc) is 2.72. The highest BCUT2D eigenvalue weighted by atomic mass is 16.5. The number of ether oxygens (including phenoxy) is 2. The molecule has 0 unspecified atom stereocenters. The third-order valence-corrected chi connectivity index (χ3v) is 3.88. The molecular formula is C22H21N3O3. The smallest absolute Gasteiger partial charge is 0.262 e. The Morgan fingerprint density at radius 2 is 1.89 bits per heavy atom. The van der Waals surface area contributed by atoms with Crippen molar-refractivity contribution in [1.29, 1.82) is 10.5 Å². The molecule has 142 valence electrons. The Bertz CT molecular complexity index is 924.